The van der Waals surface area contributed by atoms with E-state index in [1.807, 2.05) is 31.2 Å². The van der Waals surface area contributed by atoms with Gasteiger partial charge in [0.25, 0.3) is 0 Å². The molecule has 2 atom stereocenters. The fourth-order valence-corrected chi connectivity index (χ4v) is 2.54. The number of carbonyl (C=O) groups excluding carboxylic acids is 1. The Morgan fingerprint density at radius 2 is 2.11 bits per heavy atom. The molecule has 0 bridgehead atoms. The molecule has 0 aliphatic carbocycles. The molecule has 1 aromatic carbocycles. The lowest BCUT2D eigenvalue weighted by Crippen LogP contribution is -2.30. The van der Waals surface area contributed by atoms with E-state index < -0.39 is 17.9 Å². The van der Waals surface area contributed by atoms with E-state index in [4.69, 9.17) is 0 Å². The van der Waals surface area contributed by atoms with Crippen molar-refractivity contribution in [2.24, 2.45) is 5.92 Å². The van der Waals surface area contributed by atoms with Gasteiger partial charge in [-0.2, -0.15) is 0 Å². The second-order valence-electron chi connectivity index (χ2n) is 4.84. The Hall–Kier alpha value is -2.10. The van der Waals surface area contributed by atoms with Gasteiger partial charge in [-0.3, -0.25) is 9.59 Å². The number of benzene rings is 1. The van der Waals surface area contributed by atoms with Crippen LogP contribution in [0.2, 0.25) is 0 Å². The van der Waals surface area contributed by atoms with Crippen LogP contribution in [0.3, 0.4) is 0 Å². The van der Waals surface area contributed by atoms with Gasteiger partial charge in [0, 0.05) is 13.0 Å². The lowest BCUT2D eigenvalue weighted by molar-refractivity contribution is -0.142. The quantitative estimate of drug-likeness (QED) is 0.843. The third-order valence-corrected chi connectivity index (χ3v) is 3.49. The number of hydrogen-bond donors (Lipinski definition) is 1. The van der Waals surface area contributed by atoms with Gasteiger partial charge in [-0.05, 0) is 12.5 Å². The molecule has 19 heavy (non-hydrogen) atoms. The largest absolute Gasteiger partial charge is 0.481 e. The molecule has 1 amide bonds. The Balaban J connectivity index is 2.39. The van der Waals surface area contributed by atoms with E-state index in [-0.39, 0.29) is 12.3 Å². The minimum atomic E-state index is -0.925. The average Bonchev–Trinajstić information content (AvgIpc) is 2.69. The van der Waals surface area contributed by atoms with Gasteiger partial charge in [-0.15, -0.1) is 6.58 Å². The predicted molar refractivity (Wildman–Crippen MR) is 71.6 cm³/mol. The number of aliphatic carboxylic acids is 1. The van der Waals surface area contributed by atoms with Gasteiger partial charge >= 0.3 is 5.97 Å². The van der Waals surface area contributed by atoms with Crippen LogP contribution in [0.4, 0.5) is 0 Å². The number of amides is 1. The summed E-state index contributed by atoms with van der Waals surface area (Å²) in [5.74, 6) is -1.74. The van der Waals surface area contributed by atoms with Crippen molar-refractivity contribution >= 4 is 11.9 Å². The summed E-state index contributed by atoms with van der Waals surface area (Å²) in [6, 6.07) is 7.25. The summed E-state index contributed by atoms with van der Waals surface area (Å²) in [6.07, 6.45) is 1.69. The topological polar surface area (TPSA) is 57.6 Å². The van der Waals surface area contributed by atoms with E-state index in [1.165, 1.54) is 0 Å². The third kappa shape index (κ3) is 2.52. The first kappa shape index (κ1) is 13.3. The van der Waals surface area contributed by atoms with E-state index in [9.17, 15) is 14.7 Å². The van der Waals surface area contributed by atoms with E-state index in [1.54, 1.807) is 11.0 Å². The van der Waals surface area contributed by atoms with Crippen LogP contribution in [0.25, 0.3) is 0 Å². The van der Waals surface area contributed by atoms with Crippen molar-refractivity contribution in [2.45, 2.75) is 19.4 Å². The van der Waals surface area contributed by atoms with E-state index >= 15 is 0 Å². The Labute approximate surface area is 112 Å². The van der Waals surface area contributed by atoms with Crippen molar-refractivity contribution in [3.05, 3.63) is 48.0 Å². The number of carboxylic acids is 1. The highest BCUT2D eigenvalue weighted by Crippen LogP contribution is 2.38. The lowest BCUT2D eigenvalue weighted by Gasteiger charge is -2.26. The molecule has 0 aromatic heterocycles. The summed E-state index contributed by atoms with van der Waals surface area (Å²) in [7, 11) is 0. The Bertz CT molecular complexity index is 507. The summed E-state index contributed by atoms with van der Waals surface area (Å²) in [5.41, 5.74) is 1.97. The second kappa shape index (κ2) is 5.26. The Morgan fingerprint density at radius 1 is 1.47 bits per heavy atom. The van der Waals surface area contributed by atoms with Crippen molar-refractivity contribution in [1.29, 1.82) is 0 Å². The Morgan fingerprint density at radius 3 is 2.63 bits per heavy atom. The Kier molecular flexibility index (Phi) is 3.69. The van der Waals surface area contributed by atoms with E-state index in [0.717, 1.165) is 11.1 Å². The SMILES string of the molecule is C=CCN1C(=O)CC(C(=O)O)C1c1ccc(C)cc1. The van der Waals surface area contributed by atoms with Crippen molar-refractivity contribution < 1.29 is 14.7 Å². The van der Waals surface area contributed by atoms with Crippen LogP contribution >= 0.6 is 0 Å². The zero-order chi connectivity index (χ0) is 14.0. The van der Waals surface area contributed by atoms with Crippen LogP contribution < -0.4 is 0 Å². The van der Waals surface area contributed by atoms with Crippen molar-refractivity contribution in [3.63, 3.8) is 0 Å². The van der Waals surface area contributed by atoms with Crippen LogP contribution in [0.1, 0.15) is 23.6 Å². The molecule has 1 heterocycles. The average molecular weight is 259 g/mol. The predicted octanol–water partition coefficient (Wildman–Crippen LogP) is 2.16. The molecule has 1 aromatic rings. The summed E-state index contributed by atoms with van der Waals surface area (Å²) in [5, 5.41) is 9.30. The van der Waals surface area contributed by atoms with Gasteiger partial charge in [0.1, 0.15) is 0 Å². The van der Waals surface area contributed by atoms with Gasteiger partial charge < -0.3 is 10.0 Å². The molecule has 1 fully saturated rings. The van der Waals surface area contributed by atoms with Gasteiger partial charge in [0.2, 0.25) is 5.91 Å². The number of carboxylic acid groups (broad SMARTS) is 1. The number of hydrogen-bond acceptors (Lipinski definition) is 2. The van der Waals surface area contributed by atoms with Crippen molar-refractivity contribution in [1.82, 2.24) is 4.90 Å². The van der Waals surface area contributed by atoms with Crippen molar-refractivity contribution in [3.8, 4) is 0 Å². The minimum absolute atomic E-state index is 0.0573. The molecule has 0 radical (unpaired) electrons. The van der Waals surface area contributed by atoms with Gasteiger partial charge in [0.05, 0.1) is 12.0 Å². The van der Waals surface area contributed by atoms with Crippen LogP contribution in [0.5, 0.6) is 0 Å². The van der Waals surface area contributed by atoms with Gasteiger partial charge in [0.15, 0.2) is 0 Å². The summed E-state index contributed by atoms with van der Waals surface area (Å²) >= 11 is 0. The monoisotopic (exact) mass is 259 g/mol. The molecule has 1 aliphatic heterocycles. The molecule has 4 nitrogen and oxygen atoms in total. The third-order valence-electron chi connectivity index (χ3n) is 3.49. The highest BCUT2D eigenvalue weighted by Gasteiger charge is 2.43. The van der Waals surface area contributed by atoms with Crippen LogP contribution in [-0.2, 0) is 9.59 Å². The number of rotatable bonds is 4. The summed E-state index contributed by atoms with van der Waals surface area (Å²) < 4.78 is 0. The molecule has 4 heteroatoms. The van der Waals surface area contributed by atoms with Gasteiger partial charge in [-0.1, -0.05) is 35.9 Å². The number of aryl methyl sites for hydroxylation is 1. The first-order valence-corrected chi connectivity index (χ1v) is 6.24. The molecule has 1 aliphatic rings. The molecule has 1 saturated heterocycles. The van der Waals surface area contributed by atoms with Crippen LogP contribution in [0, 0.1) is 12.8 Å². The maximum Gasteiger partial charge on any atom is 0.309 e. The second-order valence-corrected chi connectivity index (χ2v) is 4.84. The maximum absolute atomic E-state index is 11.9. The zero-order valence-corrected chi connectivity index (χ0v) is 10.9. The molecule has 2 unspecified atom stereocenters. The maximum atomic E-state index is 11.9. The highest BCUT2D eigenvalue weighted by atomic mass is 16.4. The first-order chi connectivity index (χ1) is 9.04. The van der Waals surface area contributed by atoms with Crippen molar-refractivity contribution in [2.75, 3.05) is 6.54 Å². The molecule has 100 valence electrons. The lowest BCUT2D eigenvalue weighted by atomic mass is 9.93. The van der Waals surface area contributed by atoms with Crippen LogP contribution in [0.15, 0.2) is 36.9 Å². The fraction of sp³-hybridized carbons (Fsp3) is 0.333. The van der Waals surface area contributed by atoms with Gasteiger partial charge in [-0.25, -0.2) is 0 Å². The van der Waals surface area contributed by atoms with E-state index in [2.05, 4.69) is 6.58 Å². The molecular formula is C15H17NO3. The van der Waals surface area contributed by atoms with E-state index in [0.29, 0.717) is 6.54 Å². The number of likely N-dealkylation sites (tertiary alicyclic amines) is 1. The van der Waals surface area contributed by atoms with Crippen LogP contribution in [-0.4, -0.2) is 28.4 Å². The summed E-state index contributed by atoms with van der Waals surface area (Å²) in [4.78, 5) is 24.9. The molecule has 1 N–H and O–H groups in total. The minimum Gasteiger partial charge on any atom is -0.481 e. The first-order valence-electron chi connectivity index (χ1n) is 6.24. The standard InChI is InChI=1S/C15H17NO3/c1-3-8-16-13(17)9-12(15(18)19)14(16)11-6-4-10(2)5-7-11/h3-7,12,14H,1,8-9H2,2H3,(H,18,19). The molecule has 0 spiro atoms. The fourth-order valence-electron chi connectivity index (χ4n) is 2.54. The molecular weight excluding hydrogens is 242 g/mol. The molecule has 0 saturated carbocycles. The highest BCUT2D eigenvalue weighted by molar-refractivity contribution is 5.87. The summed E-state index contributed by atoms with van der Waals surface area (Å²) in [6.45, 7) is 5.98. The normalized spacial score (nSPS) is 22.6. The zero-order valence-electron chi connectivity index (χ0n) is 10.9. The smallest absolute Gasteiger partial charge is 0.309 e. The number of nitrogens with zero attached hydrogens (tertiary/aromatic N) is 1. The molecule has 2 rings (SSSR count). The number of carbonyl (C=O) groups is 2.